The number of aromatic nitrogens is 1. The van der Waals surface area contributed by atoms with E-state index in [1.165, 1.54) is 0 Å². The number of carbonyl (C=O) groups is 1. The third-order valence-electron chi connectivity index (χ3n) is 4.79. The second-order valence-electron chi connectivity index (χ2n) is 6.78. The van der Waals surface area contributed by atoms with E-state index in [0.717, 1.165) is 33.3 Å². The Balaban J connectivity index is 1.70. The second-order valence-corrected chi connectivity index (χ2v) is 6.78. The van der Waals surface area contributed by atoms with Gasteiger partial charge in [-0.25, -0.2) is 5.43 Å². The van der Waals surface area contributed by atoms with E-state index < -0.39 is 0 Å². The van der Waals surface area contributed by atoms with Crippen molar-refractivity contribution < 1.29 is 4.79 Å². The van der Waals surface area contributed by atoms with Crippen LogP contribution >= 0.6 is 0 Å². The Morgan fingerprint density at radius 1 is 0.857 bits per heavy atom. The molecule has 3 aromatic carbocycles. The number of aryl methyl sites for hydroxylation is 2. The van der Waals surface area contributed by atoms with E-state index in [1.54, 1.807) is 0 Å². The molecule has 4 aromatic rings. The number of nitrogens with one attached hydrogen (secondary N) is 1. The summed E-state index contributed by atoms with van der Waals surface area (Å²) in [5.41, 5.74) is 8.11. The first-order valence-electron chi connectivity index (χ1n) is 9.18. The molecule has 1 heterocycles. The molecule has 0 saturated heterocycles. The Bertz CT molecular complexity index is 1170. The third kappa shape index (κ3) is 3.45. The molecule has 1 amide bonds. The summed E-state index contributed by atoms with van der Waals surface area (Å²) >= 11 is 0. The summed E-state index contributed by atoms with van der Waals surface area (Å²) in [6.07, 6.45) is 0. The SMILES string of the molecule is Cc1cccc(C(=NNC(=O)c2cc3ccccc3n2C)c2ccccc2)c1. The lowest BCUT2D eigenvalue weighted by atomic mass is 10.0. The predicted octanol–water partition coefficient (Wildman–Crippen LogP) is 4.67. The molecule has 0 aliphatic heterocycles. The number of carbonyl (C=O) groups excluding carboxylic acids is 1. The van der Waals surface area contributed by atoms with Crippen molar-refractivity contribution in [1.82, 2.24) is 9.99 Å². The van der Waals surface area contributed by atoms with Crippen molar-refractivity contribution in [3.8, 4) is 0 Å². The second kappa shape index (κ2) is 7.53. The first-order valence-corrected chi connectivity index (χ1v) is 9.18. The first kappa shape index (κ1) is 17.7. The molecule has 0 unspecified atom stereocenters. The van der Waals surface area contributed by atoms with Crippen LogP contribution in [0.15, 0.2) is 90.0 Å². The molecule has 0 radical (unpaired) electrons. The van der Waals surface area contributed by atoms with Gasteiger partial charge >= 0.3 is 0 Å². The molecule has 28 heavy (non-hydrogen) atoms. The Labute approximate surface area is 164 Å². The number of rotatable bonds is 4. The average molecular weight is 367 g/mol. The normalized spacial score (nSPS) is 11.6. The average Bonchev–Trinajstić information content (AvgIpc) is 3.06. The lowest BCUT2D eigenvalue weighted by molar-refractivity contribution is 0.0947. The van der Waals surface area contributed by atoms with Crippen molar-refractivity contribution in [3.63, 3.8) is 0 Å². The number of fused-ring (bicyclic) bond motifs is 1. The van der Waals surface area contributed by atoms with Gasteiger partial charge in [0.15, 0.2) is 0 Å². The number of para-hydroxylation sites is 1. The minimum absolute atomic E-state index is 0.236. The largest absolute Gasteiger partial charge is 0.340 e. The zero-order chi connectivity index (χ0) is 19.5. The fourth-order valence-corrected chi connectivity index (χ4v) is 3.35. The van der Waals surface area contributed by atoms with Gasteiger partial charge in [-0.15, -0.1) is 0 Å². The van der Waals surface area contributed by atoms with Crippen molar-refractivity contribution >= 4 is 22.5 Å². The molecule has 1 aromatic heterocycles. The lowest BCUT2D eigenvalue weighted by Crippen LogP contribution is -2.22. The van der Waals surface area contributed by atoms with E-state index in [1.807, 2.05) is 97.4 Å². The summed E-state index contributed by atoms with van der Waals surface area (Å²) in [6.45, 7) is 2.04. The van der Waals surface area contributed by atoms with Gasteiger partial charge in [-0.2, -0.15) is 5.10 Å². The molecule has 4 nitrogen and oxygen atoms in total. The molecule has 0 spiro atoms. The summed E-state index contributed by atoms with van der Waals surface area (Å²) < 4.78 is 1.88. The van der Waals surface area contributed by atoms with Crippen LogP contribution in [-0.2, 0) is 7.05 Å². The molecule has 1 N–H and O–H groups in total. The van der Waals surface area contributed by atoms with Crippen LogP contribution in [0.2, 0.25) is 0 Å². The van der Waals surface area contributed by atoms with Crippen LogP contribution in [0.4, 0.5) is 0 Å². The molecule has 0 aliphatic carbocycles. The summed E-state index contributed by atoms with van der Waals surface area (Å²) in [7, 11) is 1.89. The standard InChI is InChI=1S/C24H21N3O/c1-17-9-8-13-20(15-17)23(18-10-4-3-5-11-18)25-26-24(28)22-16-19-12-6-7-14-21(19)27(22)2/h3-16H,1-2H3,(H,26,28). The van der Waals surface area contributed by atoms with Gasteiger partial charge in [0.05, 0.1) is 5.71 Å². The van der Waals surface area contributed by atoms with Gasteiger partial charge in [0.25, 0.3) is 5.91 Å². The van der Waals surface area contributed by atoms with Crippen LogP contribution in [0, 0.1) is 6.92 Å². The maximum Gasteiger partial charge on any atom is 0.288 e. The van der Waals surface area contributed by atoms with E-state index in [4.69, 9.17) is 0 Å². The fraction of sp³-hybridized carbons (Fsp3) is 0.0833. The van der Waals surface area contributed by atoms with E-state index in [9.17, 15) is 4.79 Å². The predicted molar refractivity (Wildman–Crippen MR) is 114 cm³/mol. The van der Waals surface area contributed by atoms with Crippen molar-refractivity contribution in [2.45, 2.75) is 6.92 Å². The number of amides is 1. The van der Waals surface area contributed by atoms with Gasteiger partial charge in [0, 0.05) is 29.1 Å². The third-order valence-corrected chi connectivity index (χ3v) is 4.79. The van der Waals surface area contributed by atoms with Gasteiger partial charge in [-0.1, -0.05) is 72.3 Å². The Morgan fingerprint density at radius 3 is 2.32 bits per heavy atom. The van der Waals surface area contributed by atoms with Gasteiger partial charge in [-0.05, 0) is 25.1 Å². The molecule has 0 saturated carbocycles. The highest BCUT2D eigenvalue weighted by atomic mass is 16.2. The minimum Gasteiger partial charge on any atom is -0.340 e. The number of hydrazone groups is 1. The van der Waals surface area contributed by atoms with Crippen LogP contribution < -0.4 is 5.43 Å². The van der Waals surface area contributed by atoms with Crippen LogP contribution in [0.25, 0.3) is 10.9 Å². The summed E-state index contributed by atoms with van der Waals surface area (Å²) in [5, 5.41) is 5.53. The van der Waals surface area contributed by atoms with Crippen molar-refractivity contribution in [3.05, 3.63) is 107 Å². The smallest absolute Gasteiger partial charge is 0.288 e. The number of hydrogen-bond acceptors (Lipinski definition) is 2. The van der Waals surface area contributed by atoms with Gasteiger partial charge < -0.3 is 4.57 Å². The van der Waals surface area contributed by atoms with E-state index in [2.05, 4.69) is 16.6 Å². The van der Waals surface area contributed by atoms with Gasteiger partial charge in [0.2, 0.25) is 0 Å². The molecule has 0 bridgehead atoms. The lowest BCUT2D eigenvalue weighted by Gasteiger charge is -2.09. The number of hydrogen-bond donors (Lipinski definition) is 1. The Kier molecular flexibility index (Phi) is 4.77. The quantitative estimate of drug-likeness (QED) is 0.413. The molecule has 0 aliphatic rings. The summed E-state index contributed by atoms with van der Waals surface area (Å²) in [5.74, 6) is -0.236. The highest BCUT2D eigenvalue weighted by Crippen LogP contribution is 2.18. The zero-order valence-electron chi connectivity index (χ0n) is 15.9. The molecule has 0 atom stereocenters. The number of benzene rings is 3. The van der Waals surface area contributed by atoms with Gasteiger partial charge in [-0.3, -0.25) is 4.79 Å². The van der Waals surface area contributed by atoms with Crippen LogP contribution in [0.1, 0.15) is 27.2 Å². The summed E-state index contributed by atoms with van der Waals surface area (Å²) in [6, 6.07) is 27.8. The Morgan fingerprint density at radius 2 is 1.57 bits per heavy atom. The topological polar surface area (TPSA) is 46.4 Å². The highest BCUT2D eigenvalue weighted by Gasteiger charge is 2.14. The Hall–Kier alpha value is -3.66. The maximum absolute atomic E-state index is 12.8. The molecular formula is C24H21N3O. The van der Waals surface area contributed by atoms with Gasteiger partial charge in [0.1, 0.15) is 5.69 Å². The molecular weight excluding hydrogens is 346 g/mol. The molecule has 138 valence electrons. The van der Waals surface area contributed by atoms with Crippen molar-refractivity contribution in [2.75, 3.05) is 0 Å². The number of nitrogens with zero attached hydrogens (tertiary/aromatic N) is 2. The van der Waals surface area contributed by atoms with Crippen molar-refractivity contribution in [2.24, 2.45) is 12.1 Å². The van der Waals surface area contributed by atoms with Crippen molar-refractivity contribution in [1.29, 1.82) is 0 Å². The first-order chi connectivity index (χ1) is 13.6. The van der Waals surface area contributed by atoms with E-state index in [0.29, 0.717) is 5.69 Å². The van der Waals surface area contributed by atoms with Crippen LogP contribution in [0.3, 0.4) is 0 Å². The van der Waals surface area contributed by atoms with Crippen LogP contribution in [0.5, 0.6) is 0 Å². The van der Waals surface area contributed by atoms with E-state index in [-0.39, 0.29) is 5.91 Å². The van der Waals surface area contributed by atoms with E-state index >= 15 is 0 Å². The molecule has 4 heteroatoms. The zero-order valence-corrected chi connectivity index (χ0v) is 15.9. The molecule has 0 fully saturated rings. The minimum atomic E-state index is -0.236. The highest BCUT2D eigenvalue weighted by molar-refractivity contribution is 6.13. The maximum atomic E-state index is 12.8. The fourth-order valence-electron chi connectivity index (χ4n) is 3.35. The van der Waals surface area contributed by atoms with Crippen LogP contribution in [-0.4, -0.2) is 16.2 Å². The molecule has 4 rings (SSSR count). The monoisotopic (exact) mass is 367 g/mol. The summed E-state index contributed by atoms with van der Waals surface area (Å²) in [4.78, 5) is 12.8.